The smallest absolute Gasteiger partial charge is 0.418 e. The van der Waals surface area contributed by atoms with Gasteiger partial charge in [-0.1, -0.05) is 6.07 Å². The molecular weight excluding hydrogens is 297 g/mol. The Morgan fingerprint density at radius 3 is 2.55 bits per heavy atom. The van der Waals surface area contributed by atoms with Crippen molar-refractivity contribution in [3.05, 3.63) is 51.6 Å². The van der Waals surface area contributed by atoms with Crippen LogP contribution >= 0.6 is 11.6 Å². The second kappa shape index (κ2) is 4.17. The highest BCUT2D eigenvalue weighted by Gasteiger charge is 2.34. The molecule has 8 heteroatoms. The second-order valence-electron chi connectivity index (χ2n) is 4.04. The normalized spacial score (nSPS) is 12.2. The van der Waals surface area contributed by atoms with Gasteiger partial charge in [0.2, 0.25) is 5.88 Å². The van der Waals surface area contributed by atoms with E-state index in [9.17, 15) is 18.0 Å². The number of alkyl halides is 3. The Morgan fingerprint density at radius 2 is 1.95 bits per heavy atom. The summed E-state index contributed by atoms with van der Waals surface area (Å²) in [5.41, 5.74) is -1.89. The van der Waals surface area contributed by atoms with Crippen LogP contribution in [0.15, 0.2) is 39.5 Å². The summed E-state index contributed by atoms with van der Waals surface area (Å²) in [6.45, 7) is 0. The van der Waals surface area contributed by atoms with Gasteiger partial charge in [0, 0.05) is 6.07 Å². The number of furan rings is 1. The maximum Gasteiger partial charge on any atom is 0.418 e. The molecule has 1 N–H and O–H groups in total. The Balaban J connectivity index is 2.43. The van der Waals surface area contributed by atoms with Crippen molar-refractivity contribution in [1.82, 2.24) is 9.55 Å². The molecule has 3 rings (SSSR count). The van der Waals surface area contributed by atoms with Gasteiger partial charge in [-0.3, -0.25) is 0 Å². The van der Waals surface area contributed by atoms with E-state index in [1.807, 2.05) is 0 Å². The zero-order valence-corrected chi connectivity index (χ0v) is 10.4. The number of para-hydroxylation sites is 1. The van der Waals surface area contributed by atoms with Crippen LogP contribution in [-0.2, 0) is 6.18 Å². The molecule has 0 aliphatic carbocycles. The van der Waals surface area contributed by atoms with Gasteiger partial charge in [0.15, 0.2) is 5.22 Å². The van der Waals surface area contributed by atoms with Gasteiger partial charge in [0.05, 0.1) is 16.6 Å². The molecule has 20 heavy (non-hydrogen) atoms. The van der Waals surface area contributed by atoms with Crippen LogP contribution < -0.4 is 5.69 Å². The van der Waals surface area contributed by atoms with Gasteiger partial charge in [-0.2, -0.15) is 13.2 Å². The highest BCUT2D eigenvalue weighted by atomic mass is 35.5. The number of nitrogens with one attached hydrogen (secondary N) is 1. The Morgan fingerprint density at radius 1 is 1.20 bits per heavy atom. The highest BCUT2D eigenvalue weighted by Crippen LogP contribution is 2.35. The molecule has 0 bridgehead atoms. The fourth-order valence-electron chi connectivity index (χ4n) is 2.02. The first-order valence-electron chi connectivity index (χ1n) is 5.44. The van der Waals surface area contributed by atoms with Crippen molar-refractivity contribution in [2.45, 2.75) is 6.18 Å². The maximum atomic E-state index is 13.0. The predicted molar refractivity (Wildman–Crippen MR) is 66.2 cm³/mol. The van der Waals surface area contributed by atoms with Crippen LogP contribution in [0.1, 0.15) is 5.56 Å². The lowest BCUT2D eigenvalue weighted by Crippen LogP contribution is -2.16. The van der Waals surface area contributed by atoms with Gasteiger partial charge >= 0.3 is 11.9 Å². The number of aromatic nitrogens is 2. The molecule has 1 aromatic carbocycles. The minimum atomic E-state index is -4.59. The third-order valence-electron chi connectivity index (χ3n) is 2.79. The Hall–Kier alpha value is -2.15. The molecule has 0 saturated carbocycles. The van der Waals surface area contributed by atoms with Gasteiger partial charge < -0.3 is 9.40 Å². The summed E-state index contributed by atoms with van der Waals surface area (Å²) < 4.78 is 45.0. The van der Waals surface area contributed by atoms with Crippen molar-refractivity contribution >= 4 is 22.6 Å². The molecule has 0 amide bonds. The maximum absolute atomic E-state index is 13.0. The number of benzene rings is 1. The van der Waals surface area contributed by atoms with E-state index in [1.165, 1.54) is 24.3 Å². The van der Waals surface area contributed by atoms with Gasteiger partial charge in [-0.15, -0.1) is 0 Å². The zero-order valence-electron chi connectivity index (χ0n) is 9.66. The average Bonchev–Trinajstić information content (AvgIpc) is 2.89. The van der Waals surface area contributed by atoms with E-state index in [0.29, 0.717) is 0 Å². The van der Waals surface area contributed by atoms with E-state index in [-0.39, 0.29) is 22.1 Å². The monoisotopic (exact) mass is 302 g/mol. The first-order valence-corrected chi connectivity index (χ1v) is 5.82. The molecule has 0 aliphatic rings. The first kappa shape index (κ1) is 12.9. The van der Waals surface area contributed by atoms with Crippen molar-refractivity contribution in [2.75, 3.05) is 0 Å². The fraction of sp³-hybridized carbons (Fsp3) is 0.0833. The molecule has 0 unspecified atom stereocenters. The number of rotatable bonds is 1. The van der Waals surface area contributed by atoms with Crippen LogP contribution in [0.2, 0.25) is 5.22 Å². The molecule has 0 fully saturated rings. The van der Waals surface area contributed by atoms with Crippen LogP contribution in [0.4, 0.5) is 13.2 Å². The van der Waals surface area contributed by atoms with Gasteiger partial charge in [-0.25, -0.2) is 9.36 Å². The number of imidazole rings is 1. The third kappa shape index (κ3) is 1.90. The molecular formula is C12H6ClF3N2O2. The average molecular weight is 303 g/mol. The van der Waals surface area contributed by atoms with E-state index in [1.54, 1.807) is 0 Å². The standard InChI is InChI=1S/C12H6ClF3N2O2/c13-8-4-5-9(20-8)18-10-6(12(14,15)16)2-1-3-7(10)17-11(18)19/h1-5H,(H,17,19). The lowest BCUT2D eigenvalue weighted by molar-refractivity contribution is -0.136. The van der Waals surface area contributed by atoms with Gasteiger partial charge in [0.1, 0.15) is 0 Å². The molecule has 4 nitrogen and oxygen atoms in total. The van der Waals surface area contributed by atoms with Gasteiger partial charge in [-0.05, 0) is 29.8 Å². The summed E-state index contributed by atoms with van der Waals surface area (Å²) >= 11 is 5.60. The molecule has 104 valence electrons. The lowest BCUT2D eigenvalue weighted by atomic mass is 10.2. The summed E-state index contributed by atoms with van der Waals surface area (Å²) in [6, 6.07) is 6.17. The van der Waals surface area contributed by atoms with Crippen LogP contribution in [0, 0.1) is 0 Å². The molecule has 3 aromatic rings. The van der Waals surface area contributed by atoms with Crippen molar-refractivity contribution in [3.8, 4) is 5.88 Å². The molecule has 2 heterocycles. The number of fused-ring (bicyclic) bond motifs is 1. The van der Waals surface area contributed by atoms with Gasteiger partial charge in [0.25, 0.3) is 0 Å². The summed E-state index contributed by atoms with van der Waals surface area (Å²) in [6.07, 6.45) is -4.59. The SMILES string of the molecule is O=c1[nH]c2cccc(C(F)(F)F)c2n1-c1ccc(Cl)o1. The van der Waals surface area contributed by atoms with E-state index in [2.05, 4.69) is 4.98 Å². The van der Waals surface area contributed by atoms with Crippen LogP contribution in [0.25, 0.3) is 16.9 Å². The van der Waals surface area contributed by atoms with E-state index >= 15 is 0 Å². The van der Waals surface area contributed by atoms with E-state index in [0.717, 1.165) is 10.6 Å². The number of nitrogens with zero attached hydrogens (tertiary/aromatic N) is 1. The fourth-order valence-corrected chi connectivity index (χ4v) is 2.16. The summed E-state index contributed by atoms with van der Waals surface area (Å²) in [4.78, 5) is 14.2. The Bertz CT molecular complexity index is 844. The third-order valence-corrected chi connectivity index (χ3v) is 2.99. The van der Waals surface area contributed by atoms with Crippen molar-refractivity contribution < 1.29 is 17.6 Å². The summed E-state index contributed by atoms with van der Waals surface area (Å²) in [5.74, 6) is -0.0806. The van der Waals surface area contributed by atoms with Crippen LogP contribution in [0.5, 0.6) is 0 Å². The number of hydrogen-bond acceptors (Lipinski definition) is 2. The van der Waals surface area contributed by atoms with Crippen molar-refractivity contribution in [1.29, 1.82) is 0 Å². The molecule has 0 radical (unpaired) electrons. The molecule has 0 aliphatic heterocycles. The largest absolute Gasteiger partial charge is 0.428 e. The molecule has 2 aromatic heterocycles. The number of H-pyrrole nitrogens is 1. The lowest BCUT2D eigenvalue weighted by Gasteiger charge is -2.09. The first-order chi connectivity index (χ1) is 9.38. The second-order valence-corrected chi connectivity index (χ2v) is 4.42. The Kier molecular flexibility index (Phi) is 2.68. The topological polar surface area (TPSA) is 50.9 Å². The zero-order chi connectivity index (χ0) is 14.5. The Labute approximate surface area is 114 Å². The molecule has 0 atom stereocenters. The quantitative estimate of drug-likeness (QED) is 0.747. The van der Waals surface area contributed by atoms with Crippen molar-refractivity contribution in [3.63, 3.8) is 0 Å². The number of hydrogen-bond donors (Lipinski definition) is 1. The highest BCUT2D eigenvalue weighted by molar-refractivity contribution is 6.28. The van der Waals surface area contributed by atoms with E-state index < -0.39 is 17.4 Å². The van der Waals surface area contributed by atoms with Crippen molar-refractivity contribution in [2.24, 2.45) is 0 Å². The minimum Gasteiger partial charge on any atom is -0.428 e. The minimum absolute atomic E-state index is 0.0225. The number of aromatic amines is 1. The predicted octanol–water partition coefficient (Wildman–Crippen LogP) is 3.58. The molecule has 0 saturated heterocycles. The van der Waals surface area contributed by atoms with E-state index in [4.69, 9.17) is 16.0 Å². The summed E-state index contributed by atoms with van der Waals surface area (Å²) in [7, 11) is 0. The van der Waals surface area contributed by atoms with Crippen LogP contribution in [-0.4, -0.2) is 9.55 Å². The molecule has 0 spiro atoms. The number of halogens is 4. The summed E-state index contributed by atoms with van der Waals surface area (Å²) in [5, 5.41) is -0.0225. The van der Waals surface area contributed by atoms with Crippen LogP contribution in [0.3, 0.4) is 0 Å².